The molecule has 0 saturated carbocycles. The van der Waals surface area contributed by atoms with Gasteiger partial charge < -0.3 is 18.1 Å². The predicted octanol–water partition coefficient (Wildman–Crippen LogP) is 12.9. The second kappa shape index (κ2) is 10.3. The minimum Gasteiger partial charge on any atom is -0.456 e. The number of aromatic nitrogens is 3. The molecule has 8 aromatic carbocycles. The van der Waals surface area contributed by atoms with Gasteiger partial charge in [-0.1, -0.05) is 97.1 Å². The van der Waals surface area contributed by atoms with E-state index in [1.54, 1.807) is 0 Å². The van der Waals surface area contributed by atoms with Crippen LogP contribution in [0.1, 0.15) is 0 Å². The van der Waals surface area contributed by atoms with Crippen molar-refractivity contribution < 1.29 is 4.42 Å². The lowest BCUT2D eigenvalue weighted by molar-refractivity contribution is 0.669. The monoisotopic (exact) mass is 663 g/mol. The number of hydrogen-bond donors (Lipinski definition) is 0. The highest BCUT2D eigenvalue weighted by molar-refractivity contribution is 6.16. The molecule has 0 atom stereocenters. The SMILES string of the molecule is c1ccc2c(c1)oc1cccc(-n3c4ccccc4c4cc(-n5c6ccccc6c6cc(-n7c8ccccc8c8ccccc87)ccc65)ccc43)c12. The van der Waals surface area contributed by atoms with Gasteiger partial charge in [-0.15, -0.1) is 0 Å². The summed E-state index contributed by atoms with van der Waals surface area (Å²) in [5.41, 5.74) is 12.4. The number of furan rings is 1. The minimum absolute atomic E-state index is 0.895. The van der Waals surface area contributed by atoms with Gasteiger partial charge in [-0.3, -0.25) is 0 Å². The van der Waals surface area contributed by atoms with Crippen molar-refractivity contribution in [3.63, 3.8) is 0 Å². The molecule has 0 fully saturated rings. The molecule has 0 amide bonds. The van der Waals surface area contributed by atoms with E-state index < -0.39 is 0 Å². The maximum Gasteiger partial charge on any atom is 0.137 e. The second-order valence-electron chi connectivity index (χ2n) is 13.7. The minimum atomic E-state index is 0.895. The Morgan fingerprint density at radius 2 is 0.692 bits per heavy atom. The molecule has 0 unspecified atom stereocenters. The molecule has 0 N–H and O–H groups in total. The van der Waals surface area contributed by atoms with Crippen molar-refractivity contribution in [2.75, 3.05) is 0 Å². The molecule has 0 aliphatic rings. The lowest BCUT2D eigenvalue weighted by Gasteiger charge is -2.12. The number of para-hydroxylation sites is 5. The van der Waals surface area contributed by atoms with Crippen molar-refractivity contribution in [2.45, 2.75) is 0 Å². The number of fused-ring (bicyclic) bond motifs is 12. The Morgan fingerprint density at radius 3 is 1.25 bits per heavy atom. The first kappa shape index (κ1) is 27.7. The molecule has 4 heteroatoms. The first-order chi connectivity index (χ1) is 25.8. The van der Waals surface area contributed by atoms with Gasteiger partial charge in [0.25, 0.3) is 0 Å². The number of rotatable bonds is 3. The fourth-order valence-electron chi connectivity index (χ4n) is 8.88. The van der Waals surface area contributed by atoms with Crippen LogP contribution in [0, 0.1) is 0 Å². The van der Waals surface area contributed by atoms with Crippen molar-refractivity contribution in [1.29, 1.82) is 0 Å². The number of nitrogens with zero attached hydrogens (tertiary/aromatic N) is 3. The molecule has 0 radical (unpaired) electrons. The smallest absolute Gasteiger partial charge is 0.137 e. The molecule has 4 heterocycles. The van der Waals surface area contributed by atoms with Gasteiger partial charge in [-0.2, -0.15) is 0 Å². The fraction of sp³-hybridized carbons (Fsp3) is 0. The van der Waals surface area contributed by atoms with E-state index in [4.69, 9.17) is 4.42 Å². The normalized spacial score (nSPS) is 12.2. The molecule has 12 rings (SSSR count). The zero-order valence-electron chi connectivity index (χ0n) is 28.0. The van der Waals surface area contributed by atoms with E-state index in [9.17, 15) is 0 Å². The molecule has 242 valence electrons. The Morgan fingerprint density at radius 1 is 0.288 bits per heavy atom. The summed E-state index contributed by atoms with van der Waals surface area (Å²) >= 11 is 0. The lowest BCUT2D eigenvalue weighted by atomic mass is 10.1. The highest BCUT2D eigenvalue weighted by Gasteiger charge is 2.20. The van der Waals surface area contributed by atoms with Crippen molar-refractivity contribution in [3.8, 4) is 17.1 Å². The highest BCUT2D eigenvalue weighted by atomic mass is 16.3. The third kappa shape index (κ3) is 3.65. The van der Waals surface area contributed by atoms with Crippen molar-refractivity contribution in [3.05, 3.63) is 176 Å². The Hall–Kier alpha value is -7.04. The topological polar surface area (TPSA) is 27.9 Å². The van der Waals surface area contributed by atoms with Gasteiger partial charge >= 0.3 is 0 Å². The van der Waals surface area contributed by atoms with Crippen molar-refractivity contribution in [1.82, 2.24) is 13.7 Å². The number of benzene rings is 8. The van der Waals surface area contributed by atoms with E-state index in [0.717, 1.165) is 44.5 Å². The maximum absolute atomic E-state index is 6.32. The van der Waals surface area contributed by atoms with Gasteiger partial charge in [0.2, 0.25) is 0 Å². The number of hydrogen-bond acceptors (Lipinski definition) is 1. The van der Waals surface area contributed by atoms with E-state index in [1.807, 2.05) is 6.07 Å². The van der Waals surface area contributed by atoms with Crippen LogP contribution < -0.4 is 0 Å². The Bertz CT molecular complexity index is 3370. The van der Waals surface area contributed by atoms with Crippen LogP contribution in [0.5, 0.6) is 0 Å². The van der Waals surface area contributed by atoms with Crippen LogP contribution >= 0.6 is 0 Å². The third-order valence-electron chi connectivity index (χ3n) is 11.0. The maximum atomic E-state index is 6.32. The average Bonchev–Trinajstić information content (AvgIpc) is 3.94. The zero-order valence-corrected chi connectivity index (χ0v) is 28.0. The lowest BCUT2D eigenvalue weighted by Crippen LogP contribution is -1.97. The molecule has 0 bridgehead atoms. The van der Waals surface area contributed by atoms with E-state index >= 15 is 0 Å². The summed E-state index contributed by atoms with van der Waals surface area (Å²) in [5.74, 6) is 0. The Balaban J connectivity index is 1.11. The summed E-state index contributed by atoms with van der Waals surface area (Å²) in [4.78, 5) is 0. The molecule has 0 saturated heterocycles. The van der Waals surface area contributed by atoms with Crippen LogP contribution in [0.2, 0.25) is 0 Å². The molecular formula is C48H29N3O. The van der Waals surface area contributed by atoms with Crippen molar-refractivity contribution >= 4 is 87.4 Å². The Kier molecular flexibility index (Phi) is 5.47. The molecular weight excluding hydrogens is 635 g/mol. The zero-order chi connectivity index (χ0) is 33.9. The summed E-state index contributed by atoms with van der Waals surface area (Å²) in [6.07, 6.45) is 0. The van der Waals surface area contributed by atoms with Crippen LogP contribution in [0.3, 0.4) is 0 Å². The van der Waals surface area contributed by atoms with Crippen LogP contribution in [-0.4, -0.2) is 13.7 Å². The molecule has 0 aliphatic heterocycles. The summed E-state index contributed by atoms with van der Waals surface area (Å²) in [6, 6.07) is 63.6. The first-order valence-corrected chi connectivity index (χ1v) is 17.8. The van der Waals surface area contributed by atoms with E-state index in [0.29, 0.717) is 0 Å². The van der Waals surface area contributed by atoms with Gasteiger partial charge in [-0.05, 0) is 78.9 Å². The first-order valence-electron chi connectivity index (χ1n) is 17.8. The van der Waals surface area contributed by atoms with Gasteiger partial charge in [0, 0.05) is 49.1 Å². The summed E-state index contributed by atoms with van der Waals surface area (Å²) in [5, 5.41) is 9.70. The average molecular weight is 664 g/mol. The largest absolute Gasteiger partial charge is 0.456 e. The molecule has 52 heavy (non-hydrogen) atoms. The van der Waals surface area contributed by atoms with Crippen LogP contribution in [-0.2, 0) is 0 Å². The standard InChI is InChI=1S/C48H29N3O/c1-6-17-39-32(12-1)33-13-2-7-18-40(33)49(39)30-24-26-43-37(28-30)34-14-3-8-19-41(34)50(43)31-25-27-44-38(29-31)35-15-4-9-20-42(35)51(44)45-21-11-23-47-48(45)36-16-5-10-22-46(36)52-47/h1-29H. The molecule has 0 aliphatic carbocycles. The second-order valence-corrected chi connectivity index (χ2v) is 13.7. The van der Waals surface area contributed by atoms with Crippen LogP contribution in [0.15, 0.2) is 180 Å². The Labute approximate surface area is 297 Å². The van der Waals surface area contributed by atoms with E-state index in [1.165, 1.54) is 59.9 Å². The summed E-state index contributed by atoms with van der Waals surface area (Å²) in [7, 11) is 0. The third-order valence-corrected chi connectivity index (χ3v) is 11.0. The highest BCUT2D eigenvalue weighted by Crippen LogP contribution is 2.41. The van der Waals surface area contributed by atoms with Gasteiger partial charge in [-0.25, -0.2) is 0 Å². The quantitative estimate of drug-likeness (QED) is 0.185. The van der Waals surface area contributed by atoms with Gasteiger partial charge in [0.05, 0.1) is 44.2 Å². The fourth-order valence-corrected chi connectivity index (χ4v) is 8.88. The van der Waals surface area contributed by atoms with Crippen LogP contribution in [0.4, 0.5) is 0 Å². The molecule has 12 aromatic rings. The summed E-state index contributed by atoms with van der Waals surface area (Å²) < 4.78 is 13.6. The molecule has 4 nitrogen and oxygen atoms in total. The predicted molar refractivity (Wildman–Crippen MR) is 217 cm³/mol. The van der Waals surface area contributed by atoms with Crippen LogP contribution in [0.25, 0.3) is 104 Å². The van der Waals surface area contributed by atoms with E-state index in [-0.39, 0.29) is 0 Å². The van der Waals surface area contributed by atoms with Crippen molar-refractivity contribution in [2.24, 2.45) is 0 Å². The van der Waals surface area contributed by atoms with E-state index in [2.05, 4.69) is 184 Å². The molecule has 0 spiro atoms. The molecule has 4 aromatic heterocycles. The van der Waals surface area contributed by atoms with Gasteiger partial charge in [0.15, 0.2) is 0 Å². The van der Waals surface area contributed by atoms with Gasteiger partial charge in [0.1, 0.15) is 11.2 Å². The summed E-state index contributed by atoms with van der Waals surface area (Å²) in [6.45, 7) is 0.